The summed E-state index contributed by atoms with van der Waals surface area (Å²) in [4.78, 5) is 16.4. The molecule has 1 saturated heterocycles. The summed E-state index contributed by atoms with van der Waals surface area (Å²) in [7, 11) is 2.01. The van der Waals surface area contributed by atoms with E-state index in [-0.39, 0.29) is 18.0 Å². The largest absolute Gasteiger partial charge is 0.341 e. The topological polar surface area (TPSA) is 49.6 Å². The Labute approximate surface area is 105 Å². The molecule has 2 unspecified atom stereocenters. The molecule has 0 saturated carbocycles. The second kappa shape index (κ2) is 6.97. The summed E-state index contributed by atoms with van der Waals surface area (Å²) in [6.07, 6.45) is 4.51. The number of amides is 1. The van der Waals surface area contributed by atoms with Crippen molar-refractivity contribution in [3.8, 4) is 0 Å². The molecule has 2 atom stereocenters. The monoisotopic (exact) mass is 241 g/mol. The van der Waals surface area contributed by atoms with E-state index in [0.717, 1.165) is 38.9 Å². The average molecular weight is 241 g/mol. The van der Waals surface area contributed by atoms with Gasteiger partial charge in [0.2, 0.25) is 5.91 Å². The first-order chi connectivity index (χ1) is 8.02. The molecule has 0 aliphatic carbocycles. The predicted octanol–water partition coefficient (Wildman–Crippen LogP) is 1.06. The van der Waals surface area contributed by atoms with E-state index in [1.165, 1.54) is 6.42 Å². The van der Waals surface area contributed by atoms with Crippen molar-refractivity contribution in [2.45, 2.75) is 51.6 Å². The van der Waals surface area contributed by atoms with Crippen molar-refractivity contribution in [1.82, 2.24) is 9.80 Å². The Morgan fingerprint density at radius 2 is 1.88 bits per heavy atom. The van der Waals surface area contributed by atoms with Crippen molar-refractivity contribution in [3.63, 3.8) is 0 Å². The number of carbonyl (C=O) groups is 1. The van der Waals surface area contributed by atoms with E-state index in [0.29, 0.717) is 0 Å². The van der Waals surface area contributed by atoms with Crippen molar-refractivity contribution >= 4 is 5.91 Å². The van der Waals surface area contributed by atoms with Crippen LogP contribution in [-0.4, -0.2) is 54.5 Å². The van der Waals surface area contributed by atoms with Gasteiger partial charge in [-0.15, -0.1) is 0 Å². The molecule has 0 aromatic carbocycles. The molecular weight excluding hydrogens is 214 g/mol. The highest BCUT2D eigenvalue weighted by atomic mass is 16.2. The number of hydrogen-bond acceptors (Lipinski definition) is 3. The Morgan fingerprint density at radius 3 is 2.41 bits per heavy atom. The lowest BCUT2D eigenvalue weighted by atomic mass is 10.1. The number of likely N-dealkylation sites (tertiary alicyclic amines) is 1. The molecule has 1 heterocycles. The number of hydrogen-bond donors (Lipinski definition) is 1. The van der Waals surface area contributed by atoms with Crippen LogP contribution in [0.25, 0.3) is 0 Å². The number of piperidine rings is 1. The standard InChI is InChI=1S/C13H27N3O/c1-11(14)7-10-15(3)12(2)13(17)16-8-5-4-6-9-16/h11-12H,4-10,14H2,1-3H3. The number of rotatable bonds is 5. The molecule has 4 heteroatoms. The van der Waals surface area contributed by atoms with Gasteiger partial charge in [-0.1, -0.05) is 0 Å². The second-order valence-corrected chi connectivity index (χ2v) is 5.31. The minimum atomic E-state index is -0.0214. The molecule has 100 valence electrons. The summed E-state index contributed by atoms with van der Waals surface area (Å²) in [5.74, 6) is 0.275. The van der Waals surface area contributed by atoms with Crippen LogP contribution in [0, 0.1) is 0 Å². The first kappa shape index (κ1) is 14.5. The SMILES string of the molecule is CC(N)CCN(C)C(C)C(=O)N1CCCCC1. The van der Waals surface area contributed by atoms with Crippen LogP contribution in [0.1, 0.15) is 39.5 Å². The smallest absolute Gasteiger partial charge is 0.239 e. The van der Waals surface area contributed by atoms with Gasteiger partial charge in [-0.2, -0.15) is 0 Å². The Kier molecular flexibility index (Phi) is 5.92. The fraction of sp³-hybridized carbons (Fsp3) is 0.923. The lowest BCUT2D eigenvalue weighted by molar-refractivity contribution is -0.136. The Bertz CT molecular complexity index is 237. The molecule has 0 bridgehead atoms. The van der Waals surface area contributed by atoms with Crippen LogP contribution >= 0.6 is 0 Å². The molecule has 1 amide bonds. The summed E-state index contributed by atoms with van der Waals surface area (Å²) < 4.78 is 0. The third-order valence-corrected chi connectivity index (χ3v) is 3.62. The first-order valence-corrected chi connectivity index (χ1v) is 6.77. The highest BCUT2D eigenvalue weighted by Crippen LogP contribution is 2.12. The predicted molar refractivity (Wildman–Crippen MR) is 70.8 cm³/mol. The van der Waals surface area contributed by atoms with Crippen LogP contribution < -0.4 is 5.73 Å². The quantitative estimate of drug-likeness (QED) is 0.783. The van der Waals surface area contributed by atoms with Crippen molar-refractivity contribution in [3.05, 3.63) is 0 Å². The van der Waals surface area contributed by atoms with Crippen LogP contribution in [0.5, 0.6) is 0 Å². The molecule has 2 N–H and O–H groups in total. The van der Waals surface area contributed by atoms with Gasteiger partial charge < -0.3 is 10.6 Å². The molecule has 0 radical (unpaired) electrons. The second-order valence-electron chi connectivity index (χ2n) is 5.31. The minimum Gasteiger partial charge on any atom is -0.341 e. The molecule has 4 nitrogen and oxygen atoms in total. The Morgan fingerprint density at radius 1 is 1.29 bits per heavy atom. The van der Waals surface area contributed by atoms with Crippen molar-refractivity contribution in [2.24, 2.45) is 5.73 Å². The zero-order chi connectivity index (χ0) is 12.8. The van der Waals surface area contributed by atoms with Gasteiger partial charge >= 0.3 is 0 Å². The first-order valence-electron chi connectivity index (χ1n) is 6.77. The van der Waals surface area contributed by atoms with Gasteiger partial charge in [0.05, 0.1) is 6.04 Å². The van der Waals surface area contributed by atoms with Crippen molar-refractivity contribution in [1.29, 1.82) is 0 Å². The van der Waals surface area contributed by atoms with Crippen LogP contribution in [-0.2, 0) is 4.79 Å². The lowest BCUT2D eigenvalue weighted by Crippen LogP contribution is -2.48. The third kappa shape index (κ3) is 4.64. The number of likely N-dealkylation sites (N-methyl/N-ethyl adjacent to an activating group) is 1. The summed E-state index contributed by atoms with van der Waals surface area (Å²) in [5.41, 5.74) is 5.74. The summed E-state index contributed by atoms with van der Waals surface area (Å²) >= 11 is 0. The van der Waals surface area contributed by atoms with Gasteiger partial charge in [-0.25, -0.2) is 0 Å². The highest BCUT2D eigenvalue weighted by molar-refractivity contribution is 5.81. The van der Waals surface area contributed by atoms with Crippen molar-refractivity contribution in [2.75, 3.05) is 26.7 Å². The summed E-state index contributed by atoms with van der Waals surface area (Å²) in [6, 6.07) is 0.182. The van der Waals surface area contributed by atoms with Crippen LogP contribution in [0.4, 0.5) is 0 Å². The maximum atomic E-state index is 12.2. The average Bonchev–Trinajstić information content (AvgIpc) is 2.35. The van der Waals surface area contributed by atoms with E-state index < -0.39 is 0 Å². The van der Waals surface area contributed by atoms with Crippen LogP contribution in [0.3, 0.4) is 0 Å². The molecule has 1 aliphatic rings. The number of nitrogens with two attached hydrogens (primary N) is 1. The molecule has 0 spiro atoms. The van der Waals surface area contributed by atoms with E-state index in [1.807, 2.05) is 25.8 Å². The molecule has 17 heavy (non-hydrogen) atoms. The maximum absolute atomic E-state index is 12.2. The minimum absolute atomic E-state index is 0.0214. The van der Waals surface area contributed by atoms with Crippen LogP contribution in [0.15, 0.2) is 0 Å². The molecule has 1 aliphatic heterocycles. The number of carbonyl (C=O) groups excluding carboxylic acids is 1. The Balaban J connectivity index is 2.38. The zero-order valence-corrected chi connectivity index (χ0v) is 11.5. The molecule has 1 rings (SSSR count). The van der Waals surface area contributed by atoms with Gasteiger partial charge in [-0.3, -0.25) is 9.69 Å². The van der Waals surface area contributed by atoms with Crippen molar-refractivity contribution < 1.29 is 4.79 Å². The van der Waals surface area contributed by atoms with Gasteiger partial charge in [0.15, 0.2) is 0 Å². The normalized spacial score (nSPS) is 20.4. The van der Waals surface area contributed by atoms with Gasteiger partial charge in [0.1, 0.15) is 0 Å². The fourth-order valence-corrected chi connectivity index (χ4v) is 2.17. The Hall–Kier alpha value is -0.610. The van der Waals surface area contributed by atoms with Crippen LogP contribution in [0.2, 0.25) is 0 Å². The molecule has 0 aromatic rings. The van der Waals surface area contributed by atoms with E-state index in [1.54, 1.807) is 0 Å². The third-order valence-electron chi connectivity index (χ3n) is 3.62. The maximum Gasteiger partial charge on any atom is 0.239 e. The zero-order valence-electron chi connectivity index (χ0n) is 11.5. The van der Waals surface area contributed by atoms with Gasteiger partial charge in [0, 0.05) is 25.7 Å². The fourth-order valence-electron chi connectivity index (χ4n) is 2.17. The van der Waals surface area contributed by atoms with Gasteiger partial charge in [0.25, 0.3) is 0 Å². The highest BCUT2D eigenvalue weighted by Gasteiger charge is 2.24. The van der Waals surface area contributed by atoms with E-state index >= 15 is 0 Å². The van der Waals surface area contributed by atoms with E-state index in [2.05, 4.69) is 4.90 Å². The molecule has 0 aromatic heterocycles. The lowest BCUT2D eigenvalue weighted by Gasteiger charge is -2.33. The number of nitrogens with zero attached hydrogens (tertiary/aromatic N) is 2. The van der Waals surface area contributed by atoms with E-state index in [9.17, 15) is 4.79 Å². The molecule has 1 fully saturated rings. The van der Waals surface area contributed by atoms with Gasteiger partial charge in [-0.05, 0) is 46.6 Å². The summed E-state index contributed by atoms with van der Waals surface area (Å²) in [5, 5.41) is 0. The molecular formula is C13H27N3O. The van der Waals surface area contributed by atoms with E-state index in [4.69, 9.17) is 5.73 Å². The summed E-state index contributed by atoms with van der Waals surface area (Å²) in [6.45, 7) is 6.76.